The van der Waals surface area contributed by atoms with Gasteiger partial charge in [0.2, 0.25) is 0 Å². The van der Waals surface area contributed by atoms with Crippen LogP contribution in [0.5, 0.6) is 9.51 Å². The van der Waals surface area contributed by atoms with Crippen LogP contribution in [0.2, 0.25) is 0 Å². The predicted molar refractivity (Wildman–Crippen MR) is 36.5 cm³/mol. The fraction of sp³-hybridized carbons (Fsp3) is 0.333. The first-order chi connectivity index (χ1) is 4.38. The molecule has 1 rings (SSSR count). The molecule has 9 heavy (non-hydrogen) atoms. The summed E-state index contributed by atoms with van der Waals surface area (Å²) in [6.45, 7) is 0. The Kier molecular flexibility index (Phi) is 2.44. The Hall–Kier alpha value is -0.130. The van der Waals surface area contributed by atoms with Crippen LogP contribution in [-0.2, 0) is 0 Å². The summed E-state index contributed by atoms with van der Waals surface area (Å²) in [6, 6.07) is 1.97. The Morgan fingerprint density at radius 3 is 2.56 bits per heavy atom. The van der Waals surface area contributed by atoms with Crippen molar-refractivity contribution in [1.29, 1.82) is 0 Å². The van der Waals surface area contributed by atoms with Gasteiger partial charge in [0.1, 0.15) is 0 Å². The first-order valence-electron chi connectivity index (χ1n) is 2.54. The topological polar surface area (TPSA) is 18.5 Å². The van der Waals surface area contributed by atoms with Crippen molar-refractivity contribution in [1.82, 2.24) is 0 Å². The molecule has 0 aliphatic heterocycles. The van der Waals surface area contributed by atoms with Gasteiger partial charge >= 0.3 is 63.8 Å². The van der Waals surface area contributed by atoms with Gasteiger partial charge in [-0.2, -0.15) is 0 Å². The summed E-state index contributed by atoms with van der Waals surface area (Å²) in [7, 11) is 3.35. The summed E-state index contributed by atoms with van der Waals surface area (Å²) in [5.74, 6) is 0.903. The molecule has 0 atom stereocenters. The van der Waals surface area contributed by atoms with E-state index in [4.69, 9.17) is 9.47 Å². The third kappa shape index (κ3) is 1.41. The zero-order chi connectivity index (χ0) is 6.69. The maximum atomic E-state index is 5.06. The summed E-state index contributed by atoms with van der Waals surface area (Å²) in [6.07, 6.45) is 0. The van der Waals surface area contributed by atoms with Gasteiger partial charge in [-0.25, -0.2) is 0 Å². The van der Waals surface area contributed by atoms with Crippen LogP contribution >= 0.6 is 0 Å². The molecule has 0 saturated carbocycles. The minimum absolute atomic E-state index is 0.178. The van der Waals surface area contributed by atoms with Crippen molar-refractivity contribution in [2.24, 2.45) is 0 Å². The van der Waals surface area contributed by atoms with Crippen LogP contribution in [0.25, 0.3) is 0 Å². The van der Waals surface area contributed by atoms with E-state index in [0.717, 1.165) is 9.51 Å². The van der Waals surface area contributed by atoms with Crippen LogP contribution < -0.4 is 9.47 Å². The zero-order valence-corrected chi connectivity index (χ0v) is 7.71. The van der Waals surface area contributed by atoms with E-state index in [0.29, 0.717) is 0 Å². The monoisotopic (exact) mass is 242 g/mol. The van der Waals surface area contributed by atoms with Gasteiger partial charge in [-0.1, -0.05) is 0 Å². The molecule has 3 heteroatoms. The molecular weight excluding hydrogens is 232 g/mol. The molecule has 0 unspecified atom stereocenters. The molecule has 0 fully saturated rings. The Morgan fingerprint density at radius 2 is 2.11 bits per heavy atom. The number of ether oxygens (including phenoxy) is 2. The van der Waals surface area contributed by atoms with Crippen molar-refractivity contribution in [2.45, 2.75) is 0 Å². The third-order valence-corrected chi connectivity index (χ3v) is 3.44. The molecule has 0 N–H and O–H groups in total. The van der Waals surface area contributed by atoms with Crippen molar-refractivity contribution in [3.63, 3.8) is 0 Å². The second-order valence-electron chi connectivity index (χ2n) is 1.48. The summed E-state index contributed by atoms with van der Waals surface area (Å²) >= 11 is -0.178. The zero-order valence-electron chi connectivity index (χ0n) is 5.38. The van der Waals surface area contributed by atoms with E-state index in [-0.39, 0.29) is 20.4 Å². The van der Waals surface area contributed by atoms with Gasteiger partial charge in [0.25, 0.3) is 0 Å². The van der Waals surface area contributed by atoms with Crippen LogP contribution in [0.15, 0.2) is 10.1 Å². The Balaban J connectivity index is 2.85. The molecule has 0 bridgehead atoms. The van der Waals surface area contributed by atoms with Crippen molar-refractivity contribution in [3.8, 4) is 9.51 Å². The number of methoxy groups -OCH3 is 2. The molecule has 0 aromatic carbocycles. The molecule has 0 spiro atoms. The average molecular weight is 240 g/mol. The molecule has 50 valence electrons. The molecular formula is C6H8O2Te. The normalized spacial score (nSPS) is 9.11. The van der Waals surface area contributed by atoms with Gasteiger partial charge in [-0.15, -0.1) is 0 Å². The van der Waals surface area contributed by atoms with E-state index in [2.05, 4.69) is 4.08 Å². The fourth-order valence-corrected chi connectivity index (χ4v) is 2.52. The molecule has 1 aromatic heterocycles. The molecule has 2 nitrogen and oxygen atoms in total. The standard InChI is InChI=1S/C6H8O2Te/c1-7-5-3-4-9-6(5)8-2/h3-4H,1-2H3. The second-order valence-corrected chi connectivity index (χ2v) is 3.99. The van der Waals surface area contributed by atoms with Crippen LogP contribution in [0, 0.1) is 0 Å². The summed E-state index contributed by atoms with van der Waals surface area (Å²) in [4.78, 5) is 0. The predicted octanol–water partition coefficient (Wildman–Crippen LogP) is 0.761. The molecule has 0 aliphatic carbocycles. The van der Waals surface area contributed by atoms with Crippen LogP contribution in [0.4, 0.5) is 0 Å². The van der Waals surface area contributed by atoms with Gasteiger partial charge in [-0.3, -0.25) is 0 Å². The van der Waals surface area contributed by atoms with E-state index in [1.54, 1.807) is 14.2 Å². The summed E-state index contributed by atoms with van der Waals surface area (Å²) < 4.78 is 13.3. The quantitative estimate of drug-likeness (QED) is 0.710. The Labute approximate surface area is 64.0 Å². The maximum absolute atomic E-state index is 5.06. The van der Waals surface area contributed by atoms with Crippen LogP contribution in [-0.4, -0.2) is 34.7 Å². The molecule has 0 amide bonds. The molecule has 1 aromatic rings. The van der Waals surface area contributed by atoms with Crippen molar-refractivity contribution in [3.05, 3.63) is 10.1 Å². The van der Waals surface area contributed by atoms with Crippen LogP contribution in [0.1, 0.15) is 0 Å². The fourth-order valence-electron chi connectivity index (χ4n) is 0.584. The van der Waals surface area contributed by atoms with E-state index in [1.807, 2.05) is 6.07 Å². The first-order valence-corrected chi connectivity index (χ1v) is 5.05. The van der Waals surface area contributed by atoms with Crippen LogP contribution in [0.3, 0.4) is 0 Å². The average Bonchev–Trinajstić information content (AvgIpc) is 2.33. The van der Waals surface area contributed by atoms with E-state index in [9.17, 15) is 0 Å². The Morgan fingerprint density at radius 1 is 1.33 bits per heavy atom. The number of hydrogen-bond acceptors (Lipinski definition) is 2. The second kappa shape index (κ2) is 3.14. The van der Waals surface area contributed by atoms with Gasteiger partial charge < -0.3 is 0 Å². The SMILES string of the molecule is COc1cc[te]c1OC. The van der Waals surface area contributed by atoms with Crippen molar-refractivity contribution < 1.29 is 9.47 Å². The van der Waals surface area contributed by atoms with Gasteiger partial charge in [0.15, 0.2) is 0 Å². The van der Waals surface area contributed by atoms with Gasteiger partial charge in [0.05, 0.1) is 0 Å². The number of rotatable bonds is 2. The minimum atomic E-state index is -0.178. The van der Waals surface area contributed by atoms with Gasteiger partial charge in [-0.05, 0) is 0 Å². The molecule has 1 heterocycles. The van der Waals surface area contributed by atoms with Crippen molar-refractivity contribution in [2.75, 3.05) is 14.2 Å². The third-order valence-electron chi connectivity index (χ3n) is 1.00. The first kappa shape index (κ1) is 6.98. The van der Waals surface area contributed by atoms with E-state index in [1.165, 1.54) is 0 Å². The van der Waals surface area contributed by atoms with Gasteiger partial charge in [0, 0.05) is 0 Å². The summed E-state index contributed by atoms with van der Waals surface area (Å²) in [5.41, 5.74) is 0. The van der Waals surface area contributed by atoms with Crippen molar-refractivity contribution >= 4 is 20.4 Å². The van der Waals surface area contributed by atoms with E-state index < -0.39 is 0 Å². The van der Waals surface area contributed by atoms with E-state index >= 15 is 0 Å². The molecule has 0 aliphatic rings. The number of hydrogen-bond donors (Lipinski definition) is 0. The molecule has 0 saturated heterocycles. The Bertz CT molecular complexity index is 164. The summed E-state index contributed by atoms with van der Waals surface area (Å²) in [5, 5.41) is 0. The molecule has 0 radical (unpaired) electrons.